The standard InChI is InChI=1S/C30H36ClFN4O4S/c1-30(2,3)33-29(38)27(19-22-13-7-6-8-14-22)35(20-23-15-9-10-16-24(23)31)28(37)21-36(41(39,40)34(4)5)26-18-12-11-17-25(26)32/h6-18,27H,19-21H2,1-5H3,(H,33,38)/t27-/m0/s1. The van der Waals surface area contributed by atoms with Crippen LogP contribution in [0.15, 0.2) is 78.9 Å². The number of hydrogen-bond donors (Lipinski definition) is 1. The SMILES string of the molecule is CN(C)S(=O)(=O)N(CC(=O)N(Cc1ccccc1Cl)[C@@H](Cc1ccccc1)C(=O)NC(C)(C)C)c1ccccc1F. The number of amides is 2. The Bertz CT molecular complexity index is 1460. The molecule has 0 heterocycles. The van der Waals surface area contributed by atoms with Crippen LogP contribution in [0.1, 0.15) is 31.9 Å². The monoisotopic (exact) mass is 602 g/mol. The number of nitrogens with one attached hydrogen (secondary N) is 1. The molecule has 11 heteroatoms. The van der Waals surface area contributed by atoms with Crippen LogP contribution in [0.3, 0.4) is 0 Å². The molecule has 41 heavy (non-hydrogen) atoms. The molecule has 0 radical (unpaired) electrons. The zero-order valence-corrected chi connectivity index (χ0v) is 25.4. The number of halogens is 2. The first-order valence-electron chi connectivity index (χ1n) is 13.0. The average molecular weight is 603 g/mol. The number of rotatable bonds is 11. The fourth-order valence-corrected chi connectivity index (χ4v) is 5.43. The highest BCUT2D eigenvalue weighted by molar-refractivity contribution is 7.90. The normalized spacial score (nSPS) is 12.6. The maximum atomic E-state index is 14.9. The fourth-order valence-electron chi connectivity index (χ4n) is 4.17. The van der Waals surface area contributed by atoms with Gasteiger partial charge in [0.15, 0.2) is 0 Å². The Kier molecular flexibility index (Phi) is 10.5. The van der Waals surface area contributed by atoms with Gasteiger partial charge in [-0.3, -0.25) is 9.59 Å². The molecule has 0 bridgehead atoms. The van der Waals surface area contributed by atoms with Crippen LogP contribution < -0.4 is 9.62 Å². The van der Waals surface area contributed by atoms with Gasteiger partial charge in [-0.05, 0) is 50.1 Å². The van der Waals surface area contributed by atoms with E-state index in [2.05, 4.69) is 5.32 Å². The molecule has 0 aliphatic heterocycles. The summed E-state index contributed by atoms with van der Waals surface area (Å²) in [7, 11) is -1.71. The summed E-state index contributed by atoms with van der Waals surface area (Å²) in [6.45, 7) is 4.65. The molecule has 0 aliphatic rings. The molecule has 0 aromatic heterocycles. The lowest BCUT2D eigenvalue weighted by Gasteiger charge is -2.36. The van der Waals surface area contributed by atoms with E-state index >= 15 is 0 Å². The first-order chi connectivity index (χ1) is 19.2. The molecule has 3 aromatic carbocycles. The van der Waals surface area contributed by atoms with E-state index in [1.54, 1.807) is 24.3 Å². The van der Waals surface area contributed by atoms with E-state index in [9.17, 15) is 22.4 Å². The Morgan fingerprint density at radius 2 is 1.51 bits per heavy atom. The summed E-state index contributed by atoms with van der Waals surface area (Å²) >= 11 is 6.46. The summed E-state index contributed by atoms with van der Waals surface area (Å²) in [5.74, 6) is -1.94. The predicted molar refractivity (Wildman–Crippen MR) is 160 cm³/mol. The second-order valence-corrected chi connectivity index (χ2v) is 13.3. The molecule has 8 nitrogen and oxygen atoms in total. The van der Waals surface area contributed by atoms with E-state index in [1.165, 1.54) is 37.2 Å². The Morgan fingerprint density at radius 1 is 0.927 bits per heavy atom. The largest absolute Gasteiger partial charge is 0.350 e. The summed E-state index contributed by atoms with van der Waals surface area (Å²) in [4.78, 5) is 29.3. The molecule has 0 saturated carbocycles. The molecule has 3 rings (SSSR count). The first kappa shape index (κ1) is 32.0. The highest BCUT2D eigenvalue weighted by Crippen LogP contribution is 2.25. The van der Waals surface area contributed by atoms with Gasteiger partial charge in [0, 0.05) is 37.6 Å². The van der Waals surface area contributed by atoms with Gasteiger partial charge >= 0.3 is 10.2 Å². The van der Waals surface area contributed by atoms with Crippen molar-refractivity contribution in [2.75, 3.05) is 24.9 Å². The second kappa shape index (κ2) is 13.5. The van der Waals surface area contributed by atoms with E-state index in [0.29, 0.717) is 14.9 Å². The van der Waals surface area contributed by atoms with Crippen molar-refractivity contribution in [2.24, 2.45) is 0 Å². The molecule has 1 atom stereocenters. The minimum atomic E-state index is -4.31. The van der Waals surface area contributed by atoms with Crippen molar-refractivity contribution in [3.63, 3.8) is 0 Å². The summed E-state index contributed by atoms with van der Waals surface area (Å²) in [6, 6.07) is 20.4. The van der Waals surface area contributed by atoms with Gasteiger partial charge in [0.2, 0.25) is 11.8 Å². The quantitative estimate of drug-likeness (QED) is 0.346. The van der Waals surface area contributed by atoms with Gasteiger partial charge in [0.1, 0.15) is 18.4 Å². The molecule has 0 aliphatic carbocycles. The molecular weight excluding hydrogens is 567 g/mol. The zero-order valence-electron chi connectivity index (χ0n) is 23.8. The summed E-state index contributed by atoms with van der Waals surface area (Å²) < 4.78 is 43.2. The molecular formula is C30H36ClFN4O4S. The Morgan fingerprint density at radius 3 is 2.10 bits per heavy atom. The Hall–Kier alpha value is -3.47. The van der Waals surface area contributed by atoms with Crippen LogP contribution in [0.25, 0.3) is 0 Å². The van der Waals surface area contributed by atoms with Gasteiger partial charge in [0.05, 0.1) is 5.69 Å². The highest BCUT2D eigenvalue weighted by atomic mass is 35.5. The highest BCUT2D eigenvalue weighted by Gasteiger charge is 2.36. The van der Waals surface area contributed by atoms with E-state index in [1.807, 2.05) is 51.1 Å². The smallest absolute Gasteiger partial charge is 0.304 e. The van der Waals surface area contributed by atoms with Crippen molar-refractivity contribution in [1.29, 1.82) is 0 Å². The van der Waals surface area contributed by atoms with Gasteiger partial charge in [-0.1, -0.05) is 72.3 Å². The maximum absolute atomic E-state index is 14.9. The Balaban J connectivity index is 2.14. The number of para-hydroxylation sites is 1. The molecule has 3 aromatic rings. The predicted octanol–water partition coefficient (Wildman–Crippen LogP) is 4.65. The van der Waals surface area contributed by atoms with Crippen molar-refractivity contribution in [3.05, 3.63) is 101 Å². The van der Waals surface area contributed by atoms with Gasteiger partial charge < -0.3 is 10.2 Å². The van der Waals surface area contributed by atoms with Crippen molar-refractivity contribution >= 4 is 39.3 Å². The molecule has 2 amide bonds. The van der Waals surface area contributed by atoms with Crippen LogP contribution in [0, 0.1) is 5.82 Å². The average Bonchev–Trinajstić information content (AvgIpc) is 2.90. The molecule has 220 valence electrons. The van der Waals surface area contributed by atoms with Crippen molar-refractivity contribution < 1.29 is 22.4 Å². The molecule has 1 N–H and O–H groups in total. The second-order valence-electron chi connectivity index (χ2n) is 10.8. The van der Waals surface area contributed by atoms with Crippen molar-refractivity contribution in [2.45, 2.75) is 45.3 Å². The lowest BCUT2D eigenvalue weighted by atomic mass is 10.0. The number of carbonyl (C=O) groups excluding carboxylic acids is 2. The first-order valence-corrected chi connectivity index (χ1v) is 14.8. The number of benzene rings is 3. The summed E-state index contributed by atoms with van der Waals surface area (Å²) in [6.07, 6.45) is 0.152. The van der Waals surface area contributed by atoms with Crippen LogP contribution in [-0.4, -0.2) is 61.7 Å². The van der Waals surface area contributed by atoms with Crippen molar-refractivity contribution in [1.82, 2.24) is 14.5 Å². The third-order valence-corrected chi connectivity index (χ3v) is 8.38. The van der Waals surface area contributed by atoms with Crippen LogP contribution >= 0.6 is 11.6 Å². The third kappa shape index (κ3) is 8.51. The molecule has 0 unspecified atom stereocenters. The number of hydrogen-bond acceptors (Lipinski definition) is 4. The van der Waals surface area contributed by atoms with E-state index in [0.717, 1.165) is 15.9 Å². The van der Waals surface area contributed by atoms with E-state index in [4.69, 9.17) is 11.6 Å². The maximum Gasteiger partial charge on any atom is 0.304 e. The minimum Gasteiger partial charge on any atom is -0.350 e. The van der Waals surface area contributed by atoms with Gasteiger partial charge in [-0.2, -0.15) is 12.7 Å². The number of carbonyl (C=O) groups is 2. The van der Waals surface area contributed by atoms with Gasteiger partial charge in [-0.15, -0.1) is 0 Å². The topological polar surface area (TPSA) is 90.0 Å². The van der Waals surface area contributed by atoms with Crippen molar-refractivity contribution in [3.8, 4) is 0 Å². The zero-order chi connectivity index (χ0) is 30.4. The van der Waals surface area contributed by atoms with Gasteiger partial charge in [-0.25, -0.2) is 8.70 Å². The fraction of sp³-hybridized carbons (Fsp3) is 0.333. The molecule has 0 saturated heterocycles. The number of nitrogens with zero attached hydrogens (tertiary/aromatic N) is 3. The minimum absolute atomic E-state index is 0.0826. The lowest BCUT2D eigenvalue weighted by molar-refractivity contribution is -0.140. The van der Waals surface area contributed by atoms with Crippen LogP contribution in [0.2, 0.25) is 5.02 Å². The Labute approximate surface area is 246 Å². The van der Waals surface area contributed by atoms with Crippen LogP contribution in [-0.2, 0) is 32.8 Å². The van der Waals surface area contributed by atoms with Crippen LogP contribution in [0.4, 0.5) is 10.1 Å². The number of anilines is 1. The lowest BCUT2D eigenvalue weighted by Crippen LogP contribution is -2.56. The summed E-state index contributed by atoms with van der Waals surface area (Å²) in [5.41, 5.74) is 0.465. The third-order valence-electron chi connectivity index (χ3n) is 6.21. The van der Waals surface area contributed by atoms with E-state index < -0.39 is 46.0 Å². The molecule has 0 spiro atoms. The van der Waals surface area contributed by atoms with E-state index in [-0.39, 0.29) is 18.7 Å². The van der Waals surface area contributed by atoms with Gasteiger partial charge in [0.25, 0.3) is 0 Å². The molecule has 0 fully saturated rings. The summed E-state index contributed by atoms with van der Waals surface area (Å²) in [5, 5.41) is 3.33. The van der Waals surface area contributed by atoms with Crippen LogP contribution in [0.5, 0.6) is 0 Å².